The Kier molecular flexibility index (Phi) is 4.37. The molecule has 0 saturated carbocycles. The van der Waals surface area contributed by atoms with E-state index >= 15 is 0 Å². The fraction of sp³-hybridized carbons (Fsp3) is 0.875. The lowest BCUT2D eigenvalue weighted by atomic mass is 9.97. The molecule has 0 aliphatic heterocycles. The monoisotopic (exact) mass is 128 g/mol. The molecule has 0 radical (unpaired) electrons. The quantitative estimate of drug-likeness (QED) is 0.531. The maximum atomic E-state index is 10.2. The van der Waals surface area contributed by atoms with Crippen LogP contribution >= 0.6 is 0 Å². The molecule has 0 aromatic rings. The lowest BCUT2D eigenvalue weighted by molar-refractivity contribution is -0.111. The highest BCUT2D eigenvalue weighted by Crippen LogP contribution is 2.12. The lowest BCUT2D eigenvalue weighted by Crippen LogP contribution is -2.02. The molecule has 9 heavy (non-hydrogen) atoms. The molecule has 0 N–H and O–H groups in total. The van der Waals surface area contributed by atoms with Crippen molar-refractivity contribution in [2.24, 2.45) is 11.8 Å². The molecule has 0 bridgehead atoms. The third kappa shape index (κ3) is 4.19. The van der Waals surface area contributed by atoms with Gasteiger partial charge in [0.25, 0.3) is 0 Å². The van der Waals surface area contributed by atoms with Gasteiger partial charge in [-0.15, -0.1) is 0 Å². The molecular formula is C8H16O. The van der Waals surface area contributed by atoms with Crippen LogP contribution in [0.3, 0.4) is 0 Å². The van der Waals surface area contributed by atoms with E-state index in [1.54, 1.807) is 0 Å². The van der Waals surface area contributed by atoms with Crippen molar-refractivity contribution >= 4 is 6.29 Å². The average molecular weight is 128 g/mol. The van der Waals surface area contributed by atoms with Gasteiger partial charge < -0.3 is 4.79 Å². The second-order valence-electron chi connectivity index (χ2n) is 2.86. The fourth-order valence-corrected chi connectivity index (χ4v) is 0.857. The second-order valence-corrected chi connectivity index (χ2v) is 2.86. The van der Waals surface area contributed by atoms with E-state index in [1.807, 2.05) is 6.92 Å². The zero-order valence-electron chi connectivity index (χ0n) is 6.55. The fourth-order valence-electron chi connectivity index (χ4n) is 0.857. The summed E-state index contributed by atoms with van der Waals surface area (Å²) >= 11 is 0. The first-order valence-corrected chi connectivity index (χ1v) is 3.66. The summed E-state index contributed by atoms with van der Waals surface area (Å²) in [6, 6.07) is 0. The number of rotatable bonds is 4. The van der Waals surface area contributed by atoms with Gasteiger partial charge in [-0.2, -0.15) is 0 Å². The standard InChI is InChI=1S/C8H16O/c1-4-7(2)5-8(3)6-9/h6-8H,4-5H2,1-3H3. The summed E-state index contributed by atoms with van der Waals surface area (Å²) in [5.41, 5.74) is 0. The predicted octanol–water partition coefficient (Wildman–Crippen LogP) is 2.26. The van der Waals surface area contributed by atoms with Crippen LogP contribution in [0.5, 0.6) is 0 Å². The minimum atomic E-state index is 0.250. The zero-order valence-corrected chi connectivity index (χ0v) is 6.55. The number of carbonyl (C=O) groups is 1. The summed E-state index contributed by atoms with van der Waals surface area (Å²) in [5, 5.41) is 0. The highest BCUT2D eigenvalue weighted by molar-refractivity contribution is 5.52. The molecule has 0 aromatic carbocycles. The molecule has 0 spiro atoms. The van der Waals surface area contributed by atoms with Crippen molar-refractivity contribution in [3.8, 4) is 0 Å². The third-order valence-electron chi connectivity index (χ3n) is 1.70. The summed E-state index contributed by atoms with van der Waals surface area (Å²) in [5.74, 6) is 0.949. The molecule has 0 saturated heterocycles. The van der Waals surface area contributed by atoms with Crippen LogP contribution in [0.4, 0.5) is 0 Å². The van der Waals surface area contributed by atoms with Gasteiger partial charge in [0.05, 0.1) is 0 Å². The van der Waals surface area contributed by atoms with Crippen molar-refractivity contribution in [1.29, 1.82) is 0 Å². The first-order chi connectivity index (χ1) is 4.20. The van der Waals surface area contributed by atoms with Crippen molar-refractivity contribution in [2.45, 2.75) is 33.6 Å². The Balaban J connectivity index is 3.33. The Labute approximate surface area is 57.5 Å². The van der Waals surface area contributed by atoms with Gasteiger partial charge in [0.2, 0.25) is 0 Å². The topological polar surface area (TPSA) is 17.1 Å². The van der Waals surface area contributed by atoms with Crippen molar-refractivity contribution in [2.75, 3.05) is 0 Å². The normalized spacial score (nSPS) is 16.8. The van der Waals surface area contributed by atoms with Crippen molar-refractivity contribution < 1.29 is 4.79 Å². The van der Waals surface area contributed by atoms with Gasteiger partial charge in [-0.05, 0) is 12.3 Å². The second kappa shape index (κ2) is 4.54. The molecule has 54 valence electrons. The maximum absolute atomic E-state index is 10.2. The smallest absolute Gasteiger partial charge is 0.122 e. The average Bonchev–Trinajstić information content (AvgIpc) is 1.87. The van der Waals surface area contributed by atoms with E-state index in [9.17, 15) is 4.79 Å². The molecule has 2 unspecified atom stereocenters. The Hall–Kier alpha value is -0.330. The Morgan fingerprint density at radius 2 is 2.00 bits per heavy atom. The van der Waals surface area contributed by atoms with Crippen LogP contribution in [0.15, 0.2) is 0 Å². The molecule has 0 amide bonds. The van der Waals surface area contributed by atoms with Gasteiger partial charge in [-0.1, -0.05) is 27.2 Å². The molecule has 0 heterocycles. The van der Waals surface area contributed by atoms with Crippen LogP contribution < -0.4 is 0 Å². The summed E-state index contributed by atoms with van der Waals surface area (Å²) < 4.78 is 0. The molecule has 1 nitrogen and oxygen atoms in total. The van der Waals surface area contributed by atoms with Gasteiger partial charge in [-0.25, -0.2) is 0 Å². The van der Waals surface area contributed by atoms with Gasteiger partial charge >= 0.3 is 0 Å². The minimum absolute atomic E-state index is 0.250. The Bertz CT molecular complexity index is 78.6. The first-order valence-electron chi connectivity index (χ1n) is 3.66. The van der Waals surface area contributed by atoms with Gasteiger partial charge in [0.1, 0.15) is 6.29 Å². The van der Waals surface area contributed by atoms with E-state index in [0.29, 0.717) is 5.92 Å². The van der Waals surface area contributed by atoms with Crippen molar-refractivity contribution in [3.63, 3.8) is 0 Å². The Morgan fingerprint density at radius 3 is 2.33 bits per heavy atom. The largest absolute Gasteiger partial charge is 0.303 e. The van der Waals surface area contributed by atoms with Crippen molar-refractivity contribution in [1.82, 2.24) is 0 Å². The predicted molar refractivity (Wildman–Crippen MR) is 39.3 cm³/mol. The van der Waals surface area contributed by atoms with Crippen LogP contribution in [0, 0.1) is 11.8 Å². The van der Waals surface area contributed by atoms with Crippen LogP contribution in [-0.2, 0) is 4.79 Å². The van der Waals surface area contributed by atoms with E-state index in [-0.39, 0.29) is 5.92 Å². The van der Waals surface area contributed by atoms with Crippen LogP contribution in [0.25, 0.3) is 0 Å². The van der Waals surface area contributed by atoms with E-state index in [1.165, 1.54) is 6.42 Å². The number of hydrogen-bond donors (Lipinski definition) is 0. The summed E-state index contributed by atoms with van der Waals surface area (Å²) in [6.45, 7) is 6.31. The van der Waals surface area contributed by atoms with Crippen LogP contribution in [0.1, 0.15) is 33.6 Å². The SMILES string of the molecule is CCC(C)CC(C)C=O. The molecule has 0 fully saturated rings. The Morgan fingerprint density at radius 1 is 1.44 bits per heavy atom. The minimum Gasteiger partial charge on any atom is -0.303 e. The van der Waals surface area contributed by atoms with E-state index < -0.39 is 0 Å². The molecule has 0 aromatic heterocycles. The van der Waals surface area contributed by atoms with E-state index in [0.717, 1.165) is 12.7 Å². The number of hydrogen-bond acceptors (Lipinski definition) is 1. The zero-order chi connectivity index (χ0) is 7.28. The molecule has 0 aliphatic carbocycles. The lowest BCUT2D eigenvalue weighted by Gasteiger charge is -2.08. The van der Waals surface area contributed by atoms with E-state index in [4.69, 9.17) is 0 Å². The summed E-state index contributed by atoms with van der Waals surface area (Å²) in [7, 11) is 0. The molecule has 0 aliphatic rings. The first kappa shape index (κ1) is 8.67. The molecule has 2 atom stereocenters. The van der Waals surface area contributed by atoms with Crippen LogP contribution in [-0.4, -0.2) is 6.29 Å². The maximum Gasteiger partial charge on any atom is 0.122 e. The van der Waals surface area contributed by atoms with E-state index in [2.05, 4.69) is 13.8 Å². The van der Waals surface area contributed by atoms with Gasteiger partial charge in [0.15, 0.2) is 0 Å². The number of aldehydes is 1. The number of carbonyl (C=O) groups excluding carboxylic acids is 1. The van der Waals surface area contributed by atoms with Gasteiger partial charge in [0, 0.05) is 5.92 Å². The summed E-state index contributed by atoms with van der Waals surface area (Å²) in [4.78, 5) is 10.2. The van der Waals surface area contributed by atoms with Gasteiger partial charge in [-0.3, -0.25) is 0 Å². The highest BCUT2D eigenvalue weighted by atomic mass is 16.1. The van der Waals surface area contributed by atoms with Crippen LogP contribution in [0.2, 0.25) is 0 Å². The van der Waals surface area contributed by atoms with Crippen molar-refractivity contribution in [3.05, 3.63) is 0 Å². The highest BCUT2D eigenvalue weighted by Gasteiger charge is 2.04. The molecule has 0 rings (SSSR count). The third-order valence-corrected chi connectivity index (χ3v) is 1.70. The molecule has 1 heteroatoms. The molecular weight excluding hydrogens is 112 g/mol. The summed E-state index contributed by atoms with van der Waals surface area (Å²) in [6.07, 6.45) is 3.25.